The summed E-state index contributed by atoms with van der Waals surface area (Å²) in [5.74, 6) is 6.40. The Morgan fingerprint density at radius 3 is 1.18 bits per heavy atom. The van der Waals surface area contributed by atoms with Crippen LogP contribution in [-0.2, 0) is 35.4 Å². The van der Waals surface area contributed by atoms with E-state index in [1.165, 1.54) is 18.5 Å². The number of ether oxygens (including phenoxy) is 8. The third-order valence-electron chi connectivity index (χ3n) is 27.4. The quantitative estimate of drug-likeness (QED) is 0.0186. The Bertz CT molecular complexity index is 6900. The molecule has 14 aliphatic heterocycles. The van der Waals surface area contributed by atoms with E-state index in [0.29, 0.717) is 99.7 Å². The number of carbonyl (C=O) groups excluding carboxylic acids is 1. The molecular formula is C111H113ClN22O11Zn. The zero-order valence-corrected chi connectivity index (χ0v) is 84.7. The maximum atomic E-state index is 13.6. The third kappa shape index (κ3) is 23.9. The summed E-state index contributed by atoms with van der Waals surface area (Å²) in [6.45, 7) is 35.4. The van der Waals surface area contributed by atoms with Gasteiger partial charge < -0.3 is 96.8 Å². The topological polar surface area (TPSA) is 380 Å². The third-order valence-corrected chi connectivity index (χ3v) is 27.6. The van der Waals surface area contributed by atoms with Crippen LogP contribution in [0, 0.1) is 30.2 Å². The number of nitrogens with zero attached hydrogens (tertiary/aromatic N) is 21. The van der Waals surface area contributed by atoms with Crippen LogP contribution in [0.5, 0.6) is 46.0 Å². The van der Waals surface area contributed by atoms with E-state index in [4.69, 9.17) is 95.4 Å². The number of aromatic carboxylic acids is 1. The molecule has 6 saturated heterocycles. The first-order valence-corrected chi connectivity index (χ1v) is 49.1. The standard InChI is InChI=1S/C39H40N6O5.C22H26N4O4.C16H14N4.C16H15N3O2.C15H14ClN3.2CN.CH4.Zn/c1-47-34-23-30-31(24-35(34)49-19-5-14-44-17-20-48-21-18-44)40-13-10-33(30)50-29-9-8-28(41-25-29)22-32(46)39-42-36(26-6-3-2-4-7-26)38-37(43-39)27-11-15-45(38)16-12-27;1-27-20-13-17-18(14-21(20)29-10-2-7-26-8-11-28-12-9-26)24-6-5-19(17)30-16-3-4-22(23)25-15-16;1-17-16-18-13(11-5-3-2-4-6-11)15-14(19-16)12-7-9-20(15)10-8-12;20-16(21)15-17-12(10-4-2-1-3-5-10)14-13(18-15)11-6-8-19(14)9-7-11;16-15-17-12(10-4-2-1-3-5-10)14-13(18-15)11-6-8-19(14)9-7-11;2*1-2;;/h2-4,6-10,13,23-25,27H,5,11-12,14-22H2,1H3;3-6,13-15H,2,7-12H2,1H3,(H2,23,25);2-6,12H,7-10H2;1-5,11H,6-9H2,(H,20,21);1-5,11H,6-9H2;;;1H4;/q;;;;;2*-1;;+2. The monoisotopic (exact) mass is 2030 g/mol. The Kier molecular flexibility index (Phi) is 35.2. The second-order valence-corrected chi connectivity index (χ2v) is 36.4. The van der Waals surface area contributed by atoms with Crippen LogP contribution in [-0.4, -0.2) is 232 Å². The molecule has 0 amide bonds. The molecule has 14 aliphatic rings. The Balaban J connectivity index is 0.000000136. The number of benzene rings is 6. The molecule has 28 rings (SSSR count). The van der Waals surface area contributed by atoms with Gasteiger partial charge in [0.1, 0.15) is 40.2 Å². The van der Waals surface area contributed by atoms with Gasteiger partial charge in [-0.25, -0.2) is 39.7 Å². The maximum absolute atomic E-state index is 13.6. The molecule has 146 heavy (non-hydrogen) atoms. The normalized spacial score (nSPS) is 15.5. The van der Waals surface area contributed by atoms with Crippen molar-refractivity contribution in [2.45, 2.75) is 102 Å². The van der Waals surface area contributed by atoms with E-state index in [2.05, 4.69) is 108 Å². The van der Waals surface area contributed by atoms with Gasteiger partial charge in [-0.1, -0.05) is 129 Å². The molecule has 6 fully saturated rings. The zero-order valence-electron chi connectivity index (χ0n) is 80.9. The minimum atomic E-state index is -1.06. The molecule has 33 nitrogen and oxygen atoms in total. The van der Waals surface area contributed by atoms with Crippen LogP contribution >= 0.6 is 11.6 Å². The van der Waals surface area contributed by atoms with Gasteiger partial charge in [0, 0.05) is 179 Å². The Morgan fingerprint density at radius 2 is 0.808 bits per heavy atom. The molecule has 8 bridgehead atoms. The minimum Gasteiger partial charge on any atom is -0.512 e. The van der Waals surface area contributed by atoms with Crippen LogP contribution < -0.4 is 53.8 Å². The number of morpholine rings is 2. The molecule has 14 aromatic rings. The van der Waals surface area contributed by atoms with Crippen molar-refractivity contribution in [3.05, 3.63) is 277 Å². The largest absolute Gasteiger partial charge is 2.00 e. The molecule has 22 heterocycles. The number of hydrogen-bond acceptors (Lipinski definition) is 31. The van der Waals surface area contributed by atoms with E-state index in [1.807, 2.05) is 140 Å². The van der Waals surface area contributed by atoms with E-state index in [9.17, 15) is 14.7 Å². The number of ketones is 1. The van der Waals surface area contributed by atoms with Crippen LogP contribution in [0.4, 0.5) is 34.5 Å². The van der Waals surface area contributed by atoms with Crippen LogP contribution in [0.25, 0.3) is 71.7 Å². The number of nitrogen functional groups attached to an aromatic ring is 1. The summed E-state index contributed by atoms with van der Waals surface area (Å²) < 4.78 is 46.4. The van der Waals surface area contributed by atoms with E-state index >= 15 is 0 Å². The van der Waals surface area contributed by atoms with Crippen molar-refractivity contribution in [3.8, 4) is 91.0 Å². The van der Waals surface area contributed by atoms with Gasteiger partial charge in [-0.2, -0.15) is 4.98 Å². The number of methoxy groups -OCH3 is 2. The minimum absolute atomic E-state index is 0. The summed E-state index contributed by atoms with van der Waals surface area (Å²) >= 11 is 6.13. The number of Topliss-reactive ketones (excluding diaryl/α,β-unsaturated/α-hetero) is 1. The van der Waals surface area contributed by atoms with Crippen molar-refractivity contribution in [3.63, 3.8) is 0 Å². The first kappa shape index (κ1) is 104. The maximum Gasteiger partial charge on any atom is 2.00 e. The molecular weight excluding hydrogens is 1920 g/mol. The van der Waals surface area contributed by atoms with Crippen molar-refractivity contribution < 1.29 is 72.1 Å². The van der Waals surface area contributed by atoms with Crippen molar-refractivity contribution in [1.29, 1.82) is 10.5 Å². The fraction of sp³-hybridized carbons (Fsp3) is 0.342. The number of hydrogen-bond donors (Lipinski definition) is 2. The Morgan fingerprint density at radius 1 is 0.438 bits per heavy atom. The number of nitrogens with two attached hydrogens (primary N) is 1. The van der Waals surface area contributed by atoms with Crippen molar-refractivity contribution in [1.82, 2.24) is 69.6 Å². The summed E-state index contributed by atoms with van der Waals surface area (Å²) in [7, 11) is 3.25. The number of carbonyl (C=O) groups is 2. The Hall–Kier alpha value is -15.1. The van der Waals surface area contributed by atoms with Crippen LogP contribution in [0.1, 0.15) is 145 Å². The van der Waals surface area contributed by atoms with Crippen LogP contribution in [0.15, 0.2) is 207 Å². The van der Waals surface area contributed by atoms with E-state index in [-0.39, 0.29) is 56.7 Å². The fourth-order valence-electron chi connectivity index (χ4n) is 20.3. The molecule has 8 aromatic heterocycles. The molecule has 0 spiro atoms. The molecule has 742 valence electrons. The average Bonchev–Trinajstić information content (AvgIpc) is 0.754. The SMILES string of the molecule is C.COc1cc2c(Oc3ccc(CC(=O)c4nc(-c5ccccc5)c5c(n4)C4CCN5CC4)nc3)ccnc2cc1OCCCN1CCOCC1.COc1cc2c(Oc3ccc(N)nc3)ccnc2cc1OCCCN1CCOCC1.Clc1nc(-c2ccccc2)c2c(n1)C1CCN2CC1.O=C(O)c1nc(-c2ccccc2)c2c(n1)C1CCN2CC1.[C-]#N.[C-]#N.[C-]#[N+]c1nc(-c2ccccc2)c2c(n1)C1CCN2CC1.[Zn+2]. The summed E-state index contributed by atoms with van der Waals surface area (Å²) in [5.41, 5.74) is 24.0. The smallest absolute Gasteiger partial charge is 0.512 e. The fourth-order valence-corrected chi connectivity index (χ4v) is 20.5. The van der Waals surface area contributed by atoms with Gasteiger partial charge in [0.25, 0.3) is 0 Å². The number of fused-ring (bicyclic) bond motifs is 10. The van der Waals surface area contributed by atoms with Gasteiger partial charge in [0.2, 0.25) is 16.9 Å². The van der Waals surface area contributed by atoms with Crippen molar-refractivity contribution >= 4 is 79.7 Å². The summed E-state index contributed by atoms with van der Waals surface area (Å²) in [6, 6.07) is 58.5. The second-order valence-electron chi connectivity index (χ2n) is 36.0. The van der Waals surface area contributed by atoms with Crippen molar-refractivity contribution in [2.24, 2.45) is 0 Å². The number of carboxylic acid groups (broad SMARTS) is 1. The molecule has 0 atom stereocenters. The molecule has 0 unspecified atom stereocenters. The number of aromatic nitrogens is 12. The second kappa shape index (κ2) is 49.5. The predicted molar refractivity (Wildman–Crippen MR) is 554 cm³/mol. The van der Waals surface area contributed by atoms with Crippen LogP contribution in [0.3, 0.4) is 0 Å². The number of carboxylic acids is 1. The predicted octanol–water partition coefficient (Wildman–Crippen LogP) is 19.5. The molecule has 0 saturated carbocycles. The zero-order chi connectivity index (χ0) is 99.4. The first-order valence-electron chi connectivity index (χ1n) is 48.7. The molecule has 0 radical (unpaired) electrons. The number of piperidine rings is 4. The van der Waals surface area contributed by atoms with Crippen molar-refractivity contribution in [2.75, 3.05) is 171 Å². The van der Waals surface area contributed by atoms with E-state index in [1.54, 1.807) is 57.2 Å². The molecule has 6 aromatic carbocycles. The van der Waals surface area contributed by atoms with E-state index < -0.39 is 5.97 Å². The number of anilines is 5. The average molecular weight is 2030 g/mol. The van der Waals surface area contributed by atoms with E-state index in [0.717, 1.165) is 276 Å². The van der Waals surface area contributed by atoms with Gasteiger partial charge in [-0.15, -0.1) is 11.6 Å². The van der Waals surface area contributed by atoms with Gasteiger partial charge >= 0.3 is 31.4 Å². The van der Waals surface area contributed by atoms with Gasteiger partial charge in [0.15, 0.2) is 34.5 Å². The number of halogens is 1. The number of rotatable bonds is 24. The first-order chi connectivity index (χ1) is 70.8. The van der Waals surface area contributed by atoms with Gasteiger partial charge in [-0.05, 0) is 124 Å². The van der Waals surface area contributed by atoms with Crippen LogP contribution in [0.2, 0.25) is 5.28 Å². The van der Waals surface area contributed by atoms with Gasteiger partial charge in [0.05, 0.1) is 135 Å². The van der Waals surface area contributed by atoms with Gasteiger partial charge in [-0.3, -0.25) is 29.5 Å². The number of pyridine rings is 4. The summed E-state index contributed by atoms with van der Waals surface area (Å²) in [4.78, 5) is 96.6. The molecule has 35 heteroatoms. The molecule has 3 N–H and O–H groups in total. The summed E-state index contributed by atoms with van der Waals surface area (Å²) in [6.07, 6.45) is 17.4. The molecule has 0 aliphatic carbocycles. The summed E-state index contributed by atoms with van der Waals surface area (Å²) in [5, 5.41) is 23.8. The Labute approximate surface area is 866 Å².